The number of hydrogen-bond acceptors (Lipinski definition) is 5. The van der Waals surface area contributed by atoms with Crippen LogP contribution >= 0.6 is 0 Å². The molecule has 0 aromatic carbocycles. The lowest BCUT2D eigenvalue weighted by Gasteiger charge is -2.70. The predicted octanol–water partition coefficient (Wildman–Crippen LogP) is 6.67. The molecule has 0 heterocycles. The molecule has 5 nitrogen and oxygen atoms in total. The predicted molar refractivity (Wildman–Crippen MR) is 146 cm³/mol. The lowest BCUT2D eigenvalue weighted by molar-refractivity contribution is -0.187. The molecule has 5 rings (SSSR count). The van der Waals surface area contributed by atoms with Crippen molar-refractivity contribution < 1.29 is 23.9 Å². The molecular weight excluding hydrogens is 476 g/mol. The van der Waals surface area contributed by atoms with Crippen LogP contribution < -0.4 is 0 Å². The number of carbonyl (C=O) groups is 4. The minimum Gasteiger partial charge on any atom is -0.458 e. The summed E-state index contributed by atoms with van der Waals surface area (Å²) in [4.78, 5) is 52.0. The van der Waals surface area contributed by atoms with Gasteiger partial charge in [0.05, 0.1) is 0 Å². The maximum atomic E-state index is 14.3. The molecule has 4 saturated carbocycles. The number of ether oxygens (including phenoxy) is 1. The molecule has 5 heteroatoms. The summed E-state index contributed by atoms with van der Waals surface area (Å²) in [6.45, 7) is 16.9. The summed E-state index contributed by atoms with van der Waals surface area (Å²) in [5.41, 5.74) is -0.0894. The van der Waals surface area contributed by atoms with Crippen LogP contribution in [-0.2, 0) is 23.9 Å². The van der Waals surface area contributed by atoms with Gasteiger partial charge in [0.2, 0.25) is 0 Å². The molecule has 0 radical (unpaired) electrons. The van der Waals surface area contributed by atoms with Crippen LogP contribution in [0, 0.1) is 50.2 Å². The van der Waals surface area contributed by atoms with Crippen LogP contribution in [0.25, 0.3) is 0 Å². The SMILES string of the molecule is CC(=O)OCC(=O)[C@]1(C)CC[C@]2(C)CC[C@]3(C)C(=CC(=O)[C@H]4[C@@]5(C)CCC(=O)C(C)(C)[C@@H]5CC[C@@]43C)[C@@H]2C1. The topological polar surface area (TPSA) is 77.5 Å². The van der Waals surface area contributed by atoms with E-state index in [2.05, 4.69) is 41.5 Å². The second-order valence-corrected chi connectivity index (χ2v) is 15.6. The number of carbonyl (C=O) groups excluding carboxylic acids is 4. The zero-order valence-electron chi connectivity index (χ0n) is 24.9. The van der Waals surface area contributed by atoms with E-state index >= 15 is 0 Å². The summed E-state index contributed by atoms with van der Waals surface area (Å²) in [5, 5.41) is 0. The van der Waals surface area contributed by atoms with E-state index in [0.29, 0.717) is 18.6 Å². The lowest BCUT2D eigenvalue weighted by Crippen LogP contribution is -2.66. The Kier molecular flexibility index (Phi) is 6.11. The van der Waals surface area contributed by atoms with Gasteiger partial charge < -0.3 is 4.74 Å². The van der Waals surface area contributed by atoms with Gasteiger partial charge in [0.25, 0.3) is 0 Å². The van der Waals surface area contributed by atoms with Crippen molar-refractivity contribution in [3.8, 4) is 0 Å². The molecule has 210 valence electrons. The normalized spacial score (nSPS) is 47.6. The summed E-state index contributed by atoms with van der Waals surface area (Å²) >= 11 is 0. The van der Waals surface area contributed by atoms with Gasteiger partial charge in [-0.1, -0.05) is 54.0 Å². The van der Waals surface area contributed by atoms with Gasteiger partial charge in [-0.15, -0.1) is 0 Å². The van der Waals surface area contributed by atoms with Crippen molar-refractivity contribution in [3.05, 3.63) is 11.6 Å². The maximum Gasteiger partial charge on any atom is 0.303 e. The zero-order valence-corrected chi connectivity index (χ0v) is 24.9. The largest absolute Gasteiger partial charge is 0.458 e. The van der Waals surface area contributed by atoms with Crippen LogP contribution in [0.15, 0.2) is 11.6 Å². The van der Waals surface area contributed by atoms with Crippen LogP contribution in [0.5, 0.6) is 0 Å². The second-order valence-electron chi connectivity index (χ2n) is 15.6. The van der Waals surface area contributed by atoms with Crippen molar-refractivity contribution >= 4 is 23.3 Å². The molecule has 0 aliphatic heterocycles. The van der Waals surface area contributed by atoms with E-state index in [1.807, 2.05) is 13.0 Å². The molecule has 0 saturated heterocycles. The minimum atomic E-state index is -0.559. The molecule has 0 bridgehead atoms. The van der Waals surface area contributed by atoms with E-state index in [9.17, 15) is 19.2 Å². The summed E-state index contributed by atoms with van der Waals surface area (Å²) < 4.78 is 5.12. The Hall–Kier alpha value is -1.78. The number of allylic oxidation sites excluding steroid dienone is 2. The number of fused-ring (bicyclic) bond motifs is 7. The Balaban J connectivity index is 1.55. The van der Waals surface area contributed by atoms with Crippen LogP contribution in [-0.4, -0.2) is 29.9 Å². The molecule has 5 aliphatic carbocycles. The Morgan fingerprint density at radius 2 is 1.58 bits per heavy atom. The number of esters is 1. The van der Waals surface area contributed by atoms with Gasteiger partial charge in [-0.2, -0.15) is 0 Å². The van der Waals surface area contributed by atoms with Gasteiger partial charge in [0, 0.05) is 30.1 Å². The van der Waals surface area contributed by atoms with Crippen LogP contribution in [0.3, 0.4) is 0 Å². The third kappa shape index (κ3) is 3.54. The Morgan fingerprint density at radius 1 is 0.921 bits per heavy atom. The fourth-order valence-corrected chi connectivity index (χ4v) is 10.6. The van der Waals surface area contributed by atoms with Crippen molar-refractivity contribution in [2.75, 3.05) is 6.61 Å². The molecule has 4 fully saturated rings. The van der Waals surface area contributed by atoms with Gasteiger partial charge in [-0.05, 0) is 90.9 Å². The molecule has 0 aromatic heterocycles. The van der Waals surface area contributed by atoms with E-state index in [-0.39, 0.29) is 57.6 Å². The monoisotopic (exact) mass is 524 g/mol. The quantitative estimate of drug-likeness (QED) is 0.385. The molecule has 0 unspecified atom stereocenters. The first-order valence-electron chi connectivity index (χ1n) is 14.9. The fraction of sp³-hybridized carbons (Fsp3) is 0.818. The van der Waals surface area contributed by atoms with Gasteiger partial charge in [0.15, 0.2) is 18.2 Å². The first-order chi connectivity index (χ1) is 17.4. The summed E-state index contributed by atoms with van der Waals surface area (Å²) in [6, 6.07) is 0. The molecule has 0 spiro atoms. The van der Waals surface area contributed by atoms with Crippen LogP contribution in [0.1, 0.15) is 113 Å². The third-order valence-electron chi connectivity index (χ3n) is 13.4. The number of rotatable bonds is 3. The van der Waals surface area contributed by atoms with Crippen LogP contribution in [0.2, 0.25) is 0 Å². The highest BCUT2D eigenvalue weighted by atomic mass is 16.5. The van der Waals surface area contributed by atoms with Gasteiger partial charge in [-0.25, -0.2) is 0 Å². The van der Waals surface area contributed by atoms with Crippen molar-refractivity contribution in [3.63, 3.8) is 0 Å². The first-order valence-corrected chi connectivity index (χ1v) is 14.9. The molecule has 5 aliphatic rings. The van der Waals surface area contributed by atoms with E-state index < -0.39 is 16.8 Å². The third-order valence-corrected chi connectivity index (χ3v) is 13.4. The fourth-order valence-electron chi connectivity index (χ4n) is 10.6. The number of Topliss-reactive ketones (excluding diaryl/α,β-unsaturated/α-hetero) is 2. The van der Waals surface area contributed by atoms with E-state index in [4.69, 9.17) is 4.74 Å². The summed E-state index contributed by atoms with van der Waals surface area (Å²) in [5.74, 6) is 0.475. The number of hydrogen-bond donors (Lipinski definition) is 0. The Labute approximate surface area is 228 Å². The Morgan fingerprint density at radius 3 is 2.24 bits per heavy atom. The summed E-state index contributed by atoms with van der Waals surface area (Å²) in [7, 11) is 0. The molecular formula is C33H48O5. The van der Waals surface area contributed by atoms with Crippen molar-refractivity contribution in [1.82, 2.24) is 0 Å². The molecule has 0 aromatic rings. The van der Waals surface area contributed by atoms with Crippen molar-refractivity contribution in [2.24, 2.45) is 50.2 Å². The van der Waals surface area contributed by atoms with E-state index in [1.54, 1.807) is 0 Å². The highest BCUT2D eigenvalue weighted by molar-refractivity contribution is 5.96. The van der Waals surface area contributed by atoms with Gasteiger partial charge >= 0.3 is 5.97 Å². The second kappa shape index (κ2) is 8.36. The average Bonchev–Trinajstić information content (AvgIpc) is 2.82. The van der Waals surface area contributed by atoms with Crippen molar-refractivity contribution in [2.45, 2.75) is 113 Å². The van der Waals surface area contributed by atoms with Crippen molar-refractivity contribution in [1.29, 1.82) is 0 Å². The molecule has 38 heavy (non-hydrogen) atoms. The molecule has 0 N–H and O–H groups in total. The van der Waals surface area contributed by atoms with E-state index in [1.165, 1.54) is 12.5 Å². The van der Waals surface area contributed by atoms with Gasteiger partial charge in [0.1, 0.15) is 5.78 Å². The van der Waals surface area contributed by atoms with Gasteiger partial charge in [-0.3, -0.25) is 19.2 Å². The average molecular weight is 525 g/mol. The number of ketones is 3. The highest BCUT2D eigenvalue weighted by Crippen LogP contribution is 2.74. The molecule has 8 atom stereocenters. The van der Waals surface area contributed by atoms with Crippen LogP contribution in [0.4, 0.5) is 0 Å². The van der Waals surface area contributed by atoms with E-state index in [0.717, 1.165) is 44.9 Å². The highest BCUT2D eigenvalue weighted by Gasteiger charge is 2.70. The summed E-state index contributed by atoms with van der Waals surface area (Å²) in [6.07, 6.45) is 9.94. The first kappa shape index (κ1) is 27.8. The standard InChI is InChI=1S/C33H48O5/c1-20(34)38-19-26(37)30(5)14-13-29(4)15-16-32(7)21(22(29)18-30)17-23(35)27-31(6)11-10-25(36)28(2,3)24(31)9-12-33(27,32)8/h17,22,24,27H,9-16,18-19H2,1-8H3/t22-,24-,27-,29+,30+,31-,32+,33-/m0/s1. The Bertz CT molecular complexity index is 1130. The zero-order chi connectivity index (χ0) is 28.1. The molecule has 0 amide bonds. The smallest absolute Gasteiger partial charge is 0.303 e. The lowest BCUT2D eigenvalue weighted by atomic mass is 9.33. The minimum absolute atomic E-state index is 0.00373. The maximum absolute atomic E-state index is 14.3.